The van der Waals surface area contributed by atoms with Crippen molar-refractivity contribution in [3.05, 3.63) is 0 Å². The minimum Gasteiger partial charge on any atom is -0.299 e. The Labute approximate surface area is 92.6 Å². The van der Waals surface area contributed by atoms with Crippen LogP contribution in [0.2, 0.25) is 0 Å². The fourth-order valence-electron chi connectivity index (χ4n) is 5.43. The van der Waals surface area contributed by atoms with E-state index in [2.05, 4.69) is 6.92 Å². The second-order valence-electron chi connectivity index (χ2n) is 6.25. The van der Waals surface area contributed by atoms with Gasteiger partial charge in [0.15, 0.2) is 0 Å². The zero-order valence-electron chi connectivity index (χ0n) is 9.96. The highest BCUT2D eigenvalue weighted by molar-refractivity contribution is 5.83. The van der Waals surface area contributed by atoms with Gasteiger partial charge in [-0.15, -0.1) is 0 Å². The molecule has 0 aliphatic heterocycles. The molecule has 4 bridgehead atoms. The molecule has 0 aromatic heterocycles. The van der Waals surface area contributed by atoms with Gasteiger partial charge in [0.2, 0.25) is 0 Å². The van der Waals surface area contributed by atoms with Gasteiger partial charge in [0.05, 0.1) is 0 Å². The Balaban J connectivity index is 1.99. The second kappa shape index (κ2) is 3.09. The Morgan fingerprint density at radius 1 is 1.07 bits per heavy atom. The van der Waals surface area contributed by atoms with Gasteiger partial charge in [0.25, 0.3) is 0 Å². The largest absolute Gasteiger partial charge is 0.299 e. The quantitative estimate of drug-likeness (QED) is 0.676. The van der Waals surface area contributed by atoms with Gasteiger partial charge >= 0.3 is 0 Å². The third-order valence-corrected chi connectivity index (χ3v) is 5.84. The van der Waals surface area contributed by atoms with Crippen molar-refractivity contribution in [2.75, 3.05) is 0 Å². The first-order chi connectivity index (χ1) is 7.16. The Morgan fingerprint density at radius 3 is 1.87 bits per heavy atom. The van der Waals surface area contributed by atoms with Gasteiger partial charge in [0, 0.05) is 5.41 Å². The van der Waals surface area contributed by atoms with E-state index in [1.807, 2.05) is 6.92 Å². The van der Waals surface area contributed by atoms with Crippen LogP contribution in [0.15, 0.2) is 0 Å². The Hall–Kier alpha value is -0.330. The molecule has 0 saturated heterocycles. The Bertz CT molecular complexity index is 264. The Kier molecular flexibility index (Phi) is 2.03. The van der Waals surface area contributed by atoms with E-state index in [0.29, 0.717) is 5.78 Å². The van der Waals surface area contributed by atoms with E-state index in [1.165, 1.54) is 32.1 Å². The fourth-order valence-corrected chi connectivity index (χ4v) is 5.43. The average molecular weight is 206 g/mol. The van der Waals surface area contributed by atoms with Crippen LogP contribution >= 0.6 is 0 Å². The summed E-state index contributed by atoms with van der Waals surface area (Å²) in [6, 6.07) is 0. The minimum absolute atomic E-state index is 0.105. The first kappa shape index (κ1) is 9.86. The molecular formula is C14H22O. The average Bonchev–Trinajstić information content (AvgIpc) is 2.16. The molecule has 1 heteroatoms. The van der Waals surface area contributed by atoms with E-state index < -0.39 is 0 Å². The summed E-state index contributed by atoms with van der Waals surface area (Å²) in [6.07, 6.45) is 8.02. The van der Waals surface area contributed by atoms with Crippen LogP contribution in [-0.2, 0) is 4.79 Å². The molecule has 0 spiro atoms. The number of carbonyl (C=O) groups excluding carboxylic acids is 1. The van der Waals surface area contributed by atoms with Gasteiger partial charge in [-0.05, 0) is 69.1 Å². The highest BCUT2D eigenvalue weighted by Gasteiger charge is 2.58. The van der Waals surface area contributed by atoms with Crippen LogP contribution in [0.1, 0.15) is 52.4 Å². The molecule has 4 aliphatic carbocycles. The molecule has 0 amide bonds. The summed E-state index contributed by atoms with van der Waals surface area (Å²) in [5, 5.41) is 0. The Morgan fingerprint density at radius 2 is 1.53 bits per heavy atom. The predicted molar refractivity (Wildman–Crippen MR) is 60.5 cm³/mol. The van der Waals surface area contributed by atoms with Crippen LogP contribution in [0, 0.1) is 29.1 Å². The van der Waals surface area contributed by atoms with Crippen LogP contribution < -0.4 is 0 Å². The first-order valence-electron chi connectivity index (χ1n) is 6.67. The molecule has 0 heterocycles. The van der Waals surface area contributed by atoms with E-state index >= 15 is 0 Å². The molecule has 4 saturated carbocycles. The maximum Gasteiger partial charge on any atom is 0.136 e. The summed E-state index contributed by atoms with van der Waals surface area (Å²) in [7, 11) is 0. The summed E-state index contributed by atoms with van der Waals surface area (Å²) in [5.41, 5.74) is 0.105. The van der Waals surface area contributed by atoms with Crippen molar-refractivity contribution in [2.45, 2.75) is 52.4 Å². The lowest BCUT2D eigenvalue weighted by molar-refractivity contribution is -0.155. The molecule has 4 fully saturated rings. The number of carbonyl (C=O) groups is 1. The van der Waals surface area contributed by atoms with E-state index in [1.54, 1.807) is 0 Å². The number of ketones is 1. The van der Waals surface area contributed by atoms with Gasteiger partial charge in [-0.1, -0.05) is 6.92 Å². The number of rotatable bonds is 2. The predicted octanol–water partition coefficient (Wildman–Crippen LogP) is 3.43. The molecule has 15 heavy (non-hydrogen) atoms. The molecule has 0 unspecified atom stereocenters. The van der Waals surface area contributed by atoms with Crippen LogP contribution in [-0.4, -0.2) is 5.78 Å². The molecule has 0 radical (unpaired) electrons. The van der Waals surface area contributed by atoms with Crippen molar-refractivity contribution in [3.8, 4) is 0 Å². The van der Waals surface area contributed by atoms with Crippen LogP contribution in [0.5, 0.6) is 0 Å². The summed E-state index contributed by atoms with van der Waals surface area (Å²) < 4.78 is 0. The molecule has 0 atom stereocenters. The summed E-state index contributed by atoms with van der Waals surface area (Å²) >= 11 is 0. The molecular weight excluding hydrogens is 184 g/mol. The lowest BCUT2D eigenvalue weighted by Gasteiger charge is -2.60. The van der Waals surface area contributed by atoms with Gasteiger partial charge in [-0.2, -0.15) is 0 Å². The van der Waals surface area contributed by atoms with Crippen molar-refractivity contribution < 1.29 is 4.79 Å². The molecule has 4 aliphatic rings. The minimum atomic E-state index is 0.105. The van der Waals surface area contributed by atoms with Gasteiger partial charge in [0.1, 0.15) is 5.78 Å². The lowest BCUT2D eigenvalue weighted by Crippen LogP contribution is -2.55. The number of Topliss-reactive ketones (excluding diaryl/α,β-unsaturated/α-hetero) is 1. The zero-order chi connectivity index (χ0) is 10.6. The summed E-state index contributed by atoms with van der Waals surface area (Å²) in [4.78, 5) is 12.1. The van der Waals surface area contributed by atoms with Crippen molar-refractivity contribution in [1.82, 2.24) is 0 Å². The van der Waals surface area contributed by atoms with Gasteiger partial charge in [-0.3, -0.25) is 4.79 Å². The molecule has 0 aromatic rings. The maximum absolute atomic E-state index is 12.1. The van der Waals surface area contributed by atoms with E-state index in [4.69, 9.17) is 0 Å². The molecule has 4 rings (SSSR count). The lowest BCUT2D eigenvalue weighted by atomic mass is 9.44. The van der Waals surface area contributed by atoms with E-state index in [9.17, 15) is 4.79 Å². The van der Waals surface area contributed by atoms with Gasteiger partial charge in [-0.25, -0.2) is 0 Å². The van der Waals surface area contributed by atoms with Crippen molar-refractivity contribution in [2.24, 2.45) is 29.1 Å². The van der Waals surface area contributed by atoms with E-state index in [-0.39, 0.29) is 5.41 Å². The monoisotopic (exact) mass is 206 g/mol. The van der Waals surface area contributed by atoms with Crippen LogP contribution in [0.25, 0.3) is 0 Å². The molecule has 84 valence electrons. The normalized spacial score (nSPS) is 52.1. The van der Waals surface area contributed by atoms with E-state index in [0.717, 1.165) is 30.1 Å². The fraction of sp³-hybridized carbons (Fsp3) is 0.929. The summed E-state index contributed by atoms with van der Waals surface area (Å²) in [5.74, 6) is 3.95. The smallest absolute Gasteiger partial charge is 0.136 e. The highest BCUT2D eigenvalue weighted by Crippen LogP contribution is 2.63. The SMILES string of the molecule is CCC1(C(C)=O)C2CC3CC(C2)CC1C3. The topological polar surface area (TPSA) is 17.1 Å². The maximum atomic E-state index is 12.1. The second-order valence-corrected chi connectivity index (χ2v) is 6.25. The number of hydrogen-bond donors (Lipinski definition) is 0. The van der Waals surface area contributed by atoms with Crippen LogP contribution in [0.3, 0.4) is 0 Å². The third-order valence-electron chi connectivity index (χ3n) is 5.84. The number of hydrogen-bond acceptors (Lipinski definition) is 1. The van der Waals surface area contributed by atoms with Gasteiger partial charge < -0.3 is 0 Å². The third kappa shape index (κ3) is 1.13. The van der Waals surface area contributed by atoms with Crippen molar-refractivity contribution >= 4 is 5.78 Å². The summed E-state index contributed by atoms with van der Waals surface area (Å²) in [6.45, 7) is 4.09. The molecule has 0 N–H and O–H groups in total. The standard InChI is InChI=1S/C14H22O/c1-3-14(9(2)15)12-5-10-4-11(7-12)8-13(14)6-10/h10-13H,3-8H2,1-2H3. The van der Waals surface area contributed by atoms with Crippen molar-refractivity contribution in [1.29, 1.82) is 0 Å². The molecule has 0 aromatic carbocycles. The first-order valence-corrected chi connectivity index (χ1v) is 6.67. The van der Waals surface area contributed by atoms with Crippen molar-refractivity contribution in [3.63, 3.8) is 0 Å². The van der Waals surface area contributed by atoms with Crippen LogP contribution in [0.4, 0.5) is 0 Å². The zero-order valence-corrected chi connectivity index (χ0v) is 9.96. The highest BCUT2D eigenvalue weighted by atomic mass is 16.1. The molecule has 1 nitrogen and oxygen atoms in total.